The van der Waals surface area contributed by atoms with E-state index in [1.807, 2.05) is 0 Å². The lowest BCUT2D eigenvalue weighted by molar-refractivity contribution is 0.253. The highest BCUT2D eigenvalue weighted by atomic mass is 16.5. The lowest BCUT2D eigenvalue weighted by Crippen LogP contribution is -2.22. The van der Waals surface area contributed by atoms with Crippen LogP contribution in [0.4, 0.5) is 0 Å². The topological polar surface area (TPSA) is 12.5 Å². The van der Waals surface area contributed by atoms with Crippen molar-refractivity contribution in [3.63, 3.8) is 0 Å². The lowest BCUT2D eigenvalue weighted by Gasteiger charge is -2.27. The molecule has 0 N–H and O–H groups in total. The Labute approximate surface area is 186 Å². The molecule has 0 fully saturated rings. The summed E-state index contributed by atoms with van der Waals surface area (Å²) in [5.41, 5.74) is 7.58. The standard InChI is InChI=1S/C29H31NO/c1-20-17-21(2)28(27(18-20)31-5)29-25(16-15-24-13-9-10-14-26(24)29)19-30(4)22(3)23-11-7-6-8-12-23/h6-18,22H,19H2,1-5H3/t22-/m0/s1. The van der Waals surface area contributed by atoms with Crippen LogP contribution in [0.25, 0.3) is 21.9 Å². The van der Waals surface area contributed by atoms with E-state index in [1.54, 1.807) is 7.11 Å². The van der Waals surface area contributed by atoms with Gasteiger partial charge in [-0.2, -0.15) is 0 Å². The fraction of sp³-hybridized carbons (Fsp3) is 0.241. The molecule has 0 amide bonds. The summed E-state index contributed by atoms with van der Waals surface area (Å²) in [6, 6.07) is 28.6. The Morgan fingerprint density at radius 1 is 0.839 bits per heavy atom. The van der Waals surface area contributed by atoms with Gasteiger partial charge < -0.3 is 4.74 Å². The average molecular weight is 410 g/mol. The molecule has 0 aromatic heterocycles. The van der Waals surface area contributed by atoms with Gasteiger partial charge in [0.1, 0.15) is 5.75 Å². The van der Waals surface area contributed by atoms with Crippen molar-refractivity contribution in [3.8, 4) is 16.9 Å². The van der Waals surface area contributed by atoms with Crippen molar-refractivity contribution < 1.29 is 4.74 Å². The van der Waals surface area contributed by atoms with Gasteiger partial charge in [-0.15, -0.1) is 0 Å². The van der Waals surface area contributed by atoms with Crippen LogP contribution in [0.15, 0.2) is 78.9 Å². The van der Waals surface area contributed by atoms with Crippen LogP contribution < -0.4 is 4.74 Å². The largest absolute Gasteiger partial charge is 0.496 e. The van der Waals surface area contributed by atoms with Crippen LogP contribution in [0.1, 0.15) is 35.2 Å². The van der Waals surface area contributed by atoms with E-state index in [-0.39, 0.29) is 0 Å². The summed E-state index contributed by atoms with van der Waals surface area (Å²) in [5, 5.41) is 2.52. The summed E-state index contributed by atoms with van der Waals surface area (Å²) in [6.07, 6.45) is 0. The number of nitrogens with zero attached hydrogens (tertiary/aromatic N) is 1. The van der Waals surface area contributed by atoms with Gasteiger partial charge in [-0.05, 0) is 72.5 Å². The van der Waals surface area contributed by atoms with Crippen molar-refractivity contribution in [2.45, 2.75) is 33.4 Å². The zero-order valence-corrected chi connectivity index (χ0v) is 19.1. The number of methoxy groups -OCH3 is 1. The Morgan fingerprint density at radius 2 is 1.55 bits per heavy atom. The van der Waals surface area contributed by atoms with Crippen molar-refractivity contribution in [1.29, 1.82) is 0 Å². The predicted molar refractivity (Wildman–Crippen MR) is 132 cm³/mol. The first-order valence-corrected chi connectivity index (χ1v) is 10.9. The molecule has 0 aliphatic rings. The van der Waals surface area contributed by atoms with Crippen LogP contribution in [0.2, 0.25) is 0 Å². The van der Waals surface area contributed by atoms with E-state index in [0.717, 1.165) is 12.3 Å². The molecule has 0 unspecified atom stereocenters. The Hall–Kier alpha value is -3.10. The summed E-state index contributed by atoms with van der Waals surface area (Å²) in [5.74, 6) is 0.939. The van der Waals surface area contributed by atoms with Gasteiger partial charge in [0.2, 0.25) is 0 Å². The van der Waals surface area contributed by atoms with E-state index in [4.69, 9.17) is 4.74 Å². The third kappa shape index (κ3) is 4.22. The molecule has 4 rings (SSSR count). The zero-order valence-electron chi connectivity index (χ0n) is 19.1. The van der Waals surface area contributed by atoms with Crippen molar-refractivity contribution in [2.75, 3.05) is 14.2 Å². The Bertz CT molecular complexity index is 1200. The van der Waals surface area contributed by atoms with Gasteiger partial charge in [-0.1, -0.05) is 72.8 Å². The Kier molecular flexibility index (Phi) is 6.11. The third-order valence-electron chi connectivity index (χ3n) is 6.29. The number of benzene rings is 4. The van der Waals surface area contributed by atoms with E-state index in [0.29, 0.717) is 6.04 Å². The van der Waals surface area contributed by atoms with Gasteiger partial charge in [0.05, 0.1) is 7.11 Å². The second-order valence-corrected chi connectivity index (χ2v) is 8.48. The molecule has 0 bridgehead atoms. The van der Waals surface area contributed by atoms with E-state index in [2.05, 4.69) is 112 Å². The molecule has 4 aromatic carbocycles. The van der Waals surface area contributed by atoms with Gasteiger partial charge in [-0.3, -0.25) is 4.90 Å². The molecule has 2 heteroatoms. The van der Waals surface area contributed by atoms with Crippen LogP contribution in [0.3, 0.4) is 0 Å². The minimum Gasteiger partial charge on any atom is -0.496 e. The summed E-state index contributed by atoms with van der Waals surface area (Å²) < 4.78 is 5.87. The van der Waals surface area contributed by atoms with E-state index in [1.165, 1.54) is 44.2 Å². The average Bonchev–Trinajstić information content (AvgIpc) is 2.79. The maximum atomic E-state index is 5.87. The molecule has 1 atom stereocenters. The first kappa shape index (κ1) is 21.1. The molecule has 158 valence electrons. The molecule has 0 heterocycles. The van der Waals surface area contributed by atoms with E-state index >= 15 is 0 Å². The van der Waals surface area contributed by atoms with Crippen LogP contribution >= 0.6 is 0 Å². The first-order valence-electron chi connectivity index (χ1n) is 10.9. The highest BCUT2D eigenvalue weighted by molar-refractivity contribution is 6.00. The number of aryl methyl sites for hydroxylation is 2. The summed E-state index contributed by atoms with van der Waals surface area (Å²) >= 11 is 0. The molecule has 0 aliphatic carbocycles. The molecule has 0 saturated heterocycles. The zero-order chi connectivity index (χ0) is 22.0. The summed E-state index contributed by atoms with van der Waals surface area (Å²) in [4.78, 5) is 2.42. The van der Waals surface area contributed by atoms with Gasteiger partial charge in [-0.25, -0.2) is 0 Å². The highest BCUT2D eigenvalue weighted by Gasteiger charge is 2.20. The van der Waals surface area contributed by atoms with Crippen molar-refractivity contribution in [1.82, 2.24) is 4.90 Å². The van der Waals surface area contributed by atoms with Crippen LogP contribution in [-0.4, -0.2) is 19.1 Å². The quantitative estimate of drug-likeness (QED) is 0.331. The number of hydrogen-bond acceptors (Lipinski definition) is 2. The van der Waals surface area contributed by atoms with E-state index in [9.17, 15) is 0 Å². The van der Waals surface area contributed by atoms with Crippen molar-refractivity contribution >= 4 is 10.8 Å². The van der Waals surface area contributed by atoms with Crippen molar-refractivity contribution in [2.24, 2.45) is 0 Å². The molecular weight excluding hydrogens is 378 g/mol. The maximum Gasteiger partial charge on any atom is 0.127 e. The minimum absolute atomic E-state index is 0.321. The van der Waals surface area contributed by atoms with Crippen LogP contribution in [-0.2, 0) is 6.54 Å². The fourth-order valence-electron chi connectivity index (χ4n) is 4.55. The van der Waals surface area contributed by atoms with Gasteiger partial charge in [0, 0.05) is 18.2 Å². The Morgan fingerprint density at radius 3 is 2.29 bits per heavy atom. The fourth-order valence-corrected chi connectivity index (χ4v) is 4.55. The second-order valence-electron chi connectivity index (χ2n) is 8.48. The molecule has 2 nitrogen and oxygen atoms in total. The third-order valence-corrected chi connectivity index (χ3v) is 6.29. The van der Waals surface area contributed by atoms with Crippen LogP contribution in [0, 0.1) is 13.8 Å². The Balaban J connectivity index is 1.86. The monoisotopic (exact) mass is 409 g/mol. The van der Waals surface area contributed by atoms with Crippen molar-refractivity contribution in [3.05, 3.63) is 101 Å². The number of ether oxygens (including phenoxy) is 1. The van der Waals surface area contributed by atoms with Gasteiger partial charge >= 0.3 is 0 Å². The molecule has 31 heavy (non-hydrogen) atoms. The summed E-state index contributed by atoms with van der Waals surface area (Å²) in [6.45, 7) is 7.44. The molecular formula is C29H31NO. The molecule has 4 aromatic rings. The molecule has 0 spiro atoms. The normalized spacial score (nSPS) is 12.3. The lowest BCUT2D eigenvalue weighted by atomic mass is 9.89. The van der Waals surface area contributed by atoms with Gasteiger partial charge in [0.15, 0.2) is 0 Å². The molecule has 0 radical (unpaired) electrons. The van der Waals surface area contributed by atoms with Crippen LogP contribution in [0.5, 0.6) is 5.75 Å². The molecule has 0 saturated carbocycles. The first-order chi connectivity index (χ1) is 15.0. The van der Waals surface area contributed by atoms with Gasteiger partial charge in [0.25, 0.3) is 0 Å². The summed E-state index contributed by atoms with van der Waals surface area (Å²) in [7, 11) is 3.97. The smallest absolute Gasteiger partial charge is 0.127 e. The predicted octanol–water partition coefficient (Wildman–Crippen LogP) is 7.33. The highest BCUT2D eigenvalue weighted by Crippen LogP contribution is 2.41. The number of hydrogen-bond donors (Lipinski definition) is 0. The molecule has 0 aliphatic heterocycles. The maximum absolute atomic E-state index is 5.87. The second kappa shape index (κ2) is 8.95. The number of fused-ring (bicyclic) bond motifs is 1. The van der Waals surface area contributed by atoms with E-state index < -0.39 is 0 Å². The number of rotatable bonds is 6. The SMILES string of the molecule is COc1cc(C)cc(C)c1-c1c(CN(C)[C@@H](C)c2ccccc2)ccc2ccccc12. The minimum atomic E-state index is 0.321.